The highest BCUT2D eigenvalue weighted by Crippen LogP contribution is 2.69. The number of nitrogens with one attached hydrogen (secondary N) is 2. The summed E-state index contributed by atoms with van der Waals surface area (Å²) in [4.78, 5) is 10.7. The number of anilines is 1. The van der Waals surface area contributed by atoms with Crippen LogP contribution in [0.15, 0.2) is 35.3 Å². The summed E-state index contributed by atoms with van der Waals surface area (Å²) in [6.07, 6.45) is 7.72. The second-order valence-electron chi connectivity index (χ2n) is 12.8. The molecule has 2 aliphatic heterocycles. The van der Waals surface area contributed by atoms with Crippen molar-refractivity contribution >= 4 is 22.5 Å². The Bertz CT molecular complexity index is 1540. The van der Waals surface area contributed by atoms with Gasteiger partial charge in [-0.1, -0.05) is 31.9 Å². The summed E-state index contributed by atoms with van der Waals surface area (Å²) in [5.74, 6) is 1.91. The molecule has 1 spiro atoms. The molecule has 2 fully saturated rings. The molecule has 4 atom stereocenters. The molecular weight excluding hydrogens is 502 g/mol. The lowest BCUT2D eigenvalue weighted by Crippen LogP contribution is -2.74. The summed E-state index contributed by atoms with van der Waals surface area (Å²) in [5.41, 5.74) is 10.9. The average molecular weight is 542 g/mol. The van der Waals surface area contributed by atoms with E-state index in [2.05, 4.69) is 45.3 Å². The van der Waals surface area contributed by atoms with Crippen LogP contribution in [0.2, 0.25) is 0 Å². The maximum Gasteiger partial charge on any atom is 0.193 e. The highest BCUT2D eigenvalue weighted by Gasteiger charge is 2.72. The average Bonchev–Trinajstić information content (AvgIpc) is 3.58. The number of aromatic hydroxyl groups is 1. The Morgan fingerprint density at radius 3 is 2.95 bits per heavy atom. The van der Waals surface area contributed by atoms with E-state index in [1.165, 1.54) is 18.4 Å². The molecule has 1 aromatic heterocycles. The molecule has 0 amide bonds. The van der Waals surface area contributed by atoms with Crippen LogP contribution in [0.1, 0.15) is 73.9 Å². The predicted molar refractivity (Wildman–Crippen MR) is 156 cm³/mol. The van der Waals surface area contributed by atoms with Gasteiger partial charge in [-0.3, -0.25) is 9.89 Å². The van der Waals surface area contributed by atoms with Crippen LogP contribution in [0.3, 0.4) is 0 Å². The molecule has 210 valence electrons. The fourth-order valence-electron chi connectivity index (χ4n) is 8.46. The van der Waals surface area contributed by atoms with Crippen LogP contribution in [-0.4, -0.2) is 57.3 Å². The molecule has 3 aliphatic carbocycles. The van der Waals surface area contributed by atoms with Crippen LogP contribution in [0.25, 0.3) is 10.9 Å². The minimum Gasteiger partial charge on any atom is -0.504 e. The van der Waals surface area contributed by atoms with Crippen molar-refractivity contribution in [1.82, 2.24) is 9.88 Å². The monoisotopic (exact) mass is 541 g/mol. The number of fused-ring (bicyclic) bond motifs is 4. The third-order valence-corrected chi connectivity index (χ3v) is 10.5. The Kier molecular flexibility index (Phi) is 5.30. The fraction of sp³-hybridized carbons (Fsp3) is 0.531. The van der Waals surface area contributed by atoms with E-state index < -0.39 is 11.0 Å². The molecule has 6 N–H and O–H groups in total. The smallest absolute Gasteiger partial charge is 0.193 e. The van der Waals surface area contributed by atoms with Crippen molar-refractivity contribution in [3.63, 3.8) is 0 Å². The summed E-state index contributed by atoms with van der Waals surface area (Å²) in [7, 11) is 0. The minimum atomic E-state index is -0.981. The van der Waals surface area contributed by atoms with E-state index in [0.29, 0.717) is 18.1 Å². The number of aromatic amines is 1. The van der Waals surface area contributed by atoms with E-state index in [1.807, 2.05) is 6.07 Å². The largest absolute Gasteiger partial charge is 0.504 e. The minimum absolute atomic E-state index is 0.0266. The van der Waals surface area contributed by atoms with Gasteiger partial charge >= 0.3 is 0 Å². The van der Waals surface area contributed by atoms with Crippen LogP contribution in [0.5, 0.6) is 11.5 Å². The third kappa shape index (κ3) is 3.29. The molecule has 1 saturated carbocycles. The van der Waals surface area contributed by atoms with Crippen molar-refractivity contribution in [1.29, 1.82) is 0 Å². The SMILES string of the molecule is CCCCCN=C(N)Nc1ccc2c3c([nH]c2c1)[C@@H]1Oc2c(O)ccc4c2[C@@]12CCN(CC1CC1)C(C4)[C@]2(O)C3. The van der Waals surface area contributed by atoms with Gasteiger partial charge in [0.15, 0.2) is 23.6 Å². The second kappa shape index (κ2) is 8.63. The van der Waals surface area contributed by atoms with E-state index in [4.69, 9.17) is 10.5 Å². The normalized spacial score (nSPS) is 30.2. The number of nitrogens with two attached hydrogens (primary N) is 1. The molecule has 2 bridgehead atoms. The van der Waals surface area contributed by atoms with E-state index >= 15 is 0 Å². The Hall–Kier alpha value is -3.23. The topological polar surface area (TPSA) is 119 Å². The molecule has 3 aromatic rings. The number of piperidine rings is 1. The zero-order valence-electron chi connectivity index (χ0n) is 23.2. The maximum atomic E-state index is 13.0. The number of hydrogen-bond acceptors (Lipinski definition) is 5. The van der Waals surface area contributed by atoms with Crippen molar-refractivity contribution < 1.29 is 14.9 Å². The van der Waals surface area contributed by atoms with Crippen LogP contribution in [0.4, 0.5) is 5.69 Å². The second-order valence-corrected chi connectivity index (χ2v) is 12.8. The number of likely N-dealkylation sites (tertiary alicyclic amines) is 1. The third-order valence-electron chi connectivity index (χ3n) is 10.5. The van der Waals surface area contributed by atoms with E-state index in [-0.39, 0.29) is 17.9 Å². The molecular formula is C32H39N5O3. The van der Waals surface area contributed by atoms with Crippen LogP contribution < -0.4 is 15.8 Å². The zero-order chi connectivity index (χ0) is 27.2. The molecule has 5 aliphatic rings. The number of H-pyrrole nitrogens is 1. The van der Waals surface area contributed by atoms with E-state index in [0.717, 1.165) is 91.1 Å². The number of unbranched alkanes of at least 4 members (excludes halogenated alkanes) is 2. The first-order chi connectivity index (χ1) is 19.4. The van der Waals surface area contributed by atoms with Gasteiger partial charge in [-0.2, -0.15) is 0 Å². The molecule has 8 heteroatoms. The van der Waals surface area contributed by atoms with E-state index in [1.54, 1.807) is 6.07 Å². The number of aliphatic imine (C=N–C) groups is 1. The molecule has 8 nitrogen and oxygen atoms in total. The molecule has 2 aromatic carbocycles. The summed E-state index contributed by atoms with van der Waals surface area (Å²) in [6.45, 7) is 4.90. The number of guanidine groups is 1. The van der Waals surface area contributed by atoms with Crippen molar-refractivity contribution in [2.24, 2.45) is 16.6 Å². The number of phenolic OH excluding ortho intramolecular Hbond substituents is 1. The van der Waals surface area contributed by atoms with Gasteiger partial charge in [0.2, 0.25) is 0 Å². The number of benzene rings is 2. The van der Waals surface area contributed by atoms with Gasteiger partial charge in [-0.25, -0.2) is 0 Å². The summed E-state index contributed by atoms with van der Waals surface area (Å²) < 4.78 is 6.70. The predicted octanol–water partition coefficient (Wildman–Crippen LogP) is 4.49. The number of ether oxygens (including phenoxy) is 1. The summed E-state index contributed by atoms with van der Waals surface area (Å²) in [5, 5.41) is 28.2. The number of phenols is 1. The molecule has 8 rings (SSSR count). The number of nitrogens with zero attached hydrogens (tertiary/aromatic N) is 2. The Balaban J connectivity index is 1.21. The fourth-order valence-corrected chi connectivity index (χ4v) is 8.46. The van der Waals surface area contributed by atoms with Gasteiger partial charge in [0.05, 0.1) is 16.7 Å². The zero-order valence-corrected chi connectivity index (χ0v) is 23.2. The quantitative estimate of drug-likeness (QED) is 0.171. The van der Waals surface area contributed by atoms with Crippen molar-refractivity contribution in [3.05, 3.63) is 52.7 Å². The van der Waals surface area contributed by atoms with Crippen molar-refractivity contribution in [3.8, 4) is 11.5 Å². The van der Waals surface area contributed by atoms with Gasteiger partial charge in [0.25, 0.3) is 0 Å². The highest BCUT2D eigenvalue weighted by atomic mass is 16.5. The number of aromatic nitrogens is 1. The van der Waals surface area contributed by atoms with Gasteiger partial charge in [-0.05, 0) is 73.9 Å². The lowest BCUT2D eigenvalue weighted by Gasteiger charge is -2.62. The standard InChI is InChI=1S/C32H39N5O3/c1-2-3-4-12-34-30(33)35-20-8-9-21-22-16-32(39)25-14-19-7-10-24(38)28-26(19)31(32,11-13-37(25)17-18-5-6-18)29(40-28)27(22)36-23(21)15-20/h7-10,15,18,25,29,36,38-39H,2-6,11-14,16-17H2,1H3,(H3,33,34,35)/t25?,29-,31-,32+/m0/s1. The lowest BCUT2D eigenvalue weighted by molar-refractivity contribution is -0.173. The van der Waals surface area contributed by atoms with Crippen LogP contribution in [-0.2, 0) is 18.3 Å². The first-order valence-electron chi connectivity index (χ1n) is 15.1. The van der Waals surface area contributed by atoms with Gasteiger partial charge in [-0.15, -0.1) is 0 Å². The van der Waals surface area contributed by atoms with Crippen molar-refractivity contribution in [2.45, 2.75) is 81.5 Å². The molecule has 3 heterocycles. The first kappa shape index (κ1) is 24.6. The van der Waals surface area contributed by atoms with E-state index in [9.17, 15) is 10.2 Å². The van der Waals surface area contributed by atoms with Gasteiger partial charge in [0.1, 0.15) is 0 Å². The van der Waals surface area contributed by atoms with Crippen LogP contribution in [0, 0.1) is 5.92 Å². The Labute approximate surface area is 234 Å². The Morgan fingerprint density at radius 2 is 2.12 bits per heavy atom. The number of hydrogen-bond donors (Lipinski definition) is 5. The number of rotatable bonds is 7. The first-order valence-corrected chi connectivity index (χ1v) is 15.1. The summed E-state index contributed by atoms with van der Waals surface area (Å²) in [6, 6.07) is 10.1. The lowest BCUT2D eigenvalue weighted by atomic mass is 9.49. The van der Waals surface area contributed by atoms with Crippen LogP contribution >= 0.6 is 0 Å². The molecule has 0 radical (unpaired) electrons. The molecule has 1 unspecified atom stereocenters. The van der Waals surface area contributed by atoms with Crippen molar-refractivity contribution in [2.75, 3.05) is 25.0 Å². The molecule has 1 saturated heterocycles. The maximum absolute atomic E-state index is 13.0. The molecule has 40 heavy (non-hydrogen) atoms. The van der Waals surface area contributed by atoms with Gasteiger partial charge < -0.3 is 31.0 Å². The van der Waals surface area contributed by atoms with Gasteiger partial charge in [0, 0.05) is 47.7 Å². The summed E-state index contributed by atoms with van der Waals surface area (Å²) >= 11 is 0. The number of aliphatic hydroxyl groups is 1. The highest BCUT2D eigenvalue weighted by molar-refractivity contribution is 5.96. The Morgan fingerprint density at radius 1 is 1.25 bits per heavy atom.